The van der Waals surface area contributed by atoms with Crippen LogP contribution in [-0.2, 0) is 4.74 Å². The van der Waals surface area contributed by atoms with E-state index in [0.29, 0.717) is 19.1 Å². The van der Waals surface area contributed by atoms with Gasteiger partial charge in [-0.3, -0.25) is 0 Å². The Morgan fingerprint density at radius 2 is 2.06 bits per heavy atom. The highest BCUT2D eigenvalue weighted by Gasteiger charge is 2.25. The third-order valence-electron chi connectivity index (χ3n) is 3.45. The van der Waals surface area contributed by atoms with E-state index in [1.54, 1.807) is 0 Å². The number of hydrogen-bond donors (Lipinski definition) is 1. The van der Waals surface area contributed by atoms with Gasteiger partial charge in [-0.1, -0.05) is 6.92 Å². The van der Waals surface area contributed by atoms with Gasteiger partial charge in [-0.2, -0.15) is 0 Å². The first-order valence-electron chi connectivity index (χ1n) is 6.76. The van der Waals surface area contributed by atoms with Gasteiger partial charge in [-0.15, -0.1) is 0 Å². The Labute approximate surface area is 106 Å². The summed E-state index contributed by atoms with van der Waals surface area (Å²) in [5.74, 6) is 0.294. The Bertz CT molecular complexity index is 200. The molecular weight excluding hydrogens is 216 g/mol. The van der Waals surface area contributed by atoms with Gasteiger partial charge >= 0.3 is 0 Å². The second-order valence-electron chi connectivity index (χ2n) is 5.24. The van der Waals surface area contributed by atoms with E-state index in [1.165, 1.54) is 6.42 Å². The highest BCUT2D eigenvalue weighted by atomic mass is 16.5. The fourth-order valence-electron chi connectivity index (χ4n) is 2.28. The van der Waals surface area contributed by atoms with Gasteiger partial charge in [0.2, 0.25) is 0 Å². The van der Waals surface area contributed by atoms with Gasteiger partial charge in [0.25, 0.3) is 0 Å². The van der Waals surface area contributed by atoms with E-state index in [0.717, 1.165) is 32.6 Å². The zero-order chi connectivity index (χ0) is 12.7. The van der Waals surface area contributed by atoms with Crippen molar-refractivity contribution in [3.63, 3.8) is 0 Å². The molecular formula is C13H28N2O2. The maximum Gasteiger partial charge on any atom is 0.0624 e. The lowest BCUT2D eigenvalue weighted by Gasteiger charge is -2.32. The summed E-state index contributed by atoms with van der Waals surface area (Å²) in [5.41, 5.74) is 0. The van der Waals surface area contributed by atoms with Gasteiger partial charge in [-0.25, -0.2) is 0 Å². The van der Waals surface area contributed by atoms with E-state index < -0.39 is 0 Å². The largest absolute Gasteiger partial charge is 0.393 e. The van der Waals surface area contributed by atoms with Crippen molar-refractivity contribution in [3.05, 3.63) is 0 Å². The molecule has 1 saturated heterocycles. The van der Waals surface area contributed by atoms with Gasteiger partial charge in [0.15, 0.2) is 0 Å². The molecule has 0 spiro atoms. The molecule has 1 aliphatic rings. The smallest absolute Gasteiger partial charge is 0.0624 e. The predicted octanol–water partition coefficient (Wildman–Crippen LogP) is 0.657. The van der Waals surface area contributed by atoms with Crippen LogP contribution in [-0.4, -0.2) is 74.5 Å². The van der Waals surface area contributed by atoms with Crippen LogP contribution < -0.4 is 0 Å². The van der Waals surface area contributed by atoms with E-state index in [4.69, 9.17) is 4.74 Å². The molecule has 0 aromatic rings. The third kappa shape index (κ3) is 5.82. The second kappa shape index (κ2) is 8.03. The Kier molecular flexibility index (Phi) is 7.04. The van der Waals surface area contributed by atoms with Gasteiger partial charge in [0.1, 0.15) is 0 Å². The van der Waals surface area contributed by atoms with Crippen molar-refractivity contribution in [2.24, 2.45) is 5.92 Å². The molecule has 4 nitrogen and oxygen atoms in total. The molecule has 17 heavy (non-hydrogen) atoms. The summed E-state index contributed by atoms with van der Waals surface area (Å²) < 4.78 is 5.45. The molecule has 0 radical (unpaired) electrons. The van der Waals surface area contributed by atoms with Crippen LogP contribution in [0.3, 0.4) is 0 Å². The zero-order valence-electron chi connectivity index (χ0n) is 11.6. The summed E-state index contributed by atoms with van der Waals surface area (Å²) in [6.45, 7) is 7.86. The maximum atomic E-state index is 9.91. The highest BCUT2D eigenvalue weighted by Crippen LogP contribution is 2.16. The van der Waals surface area contributed by atoms with E-state index in [9.17, 15) is 5.11 Å². The third-order valence-corrected chi connectivity index (χ3v) is 3.45. The predicted molar refractivity (Wildman–Crippen MR) is 70.2 cm³/mol. The Hall–Kier alpha value is -0.160. The Morgan fingerprint density at radius 3 is 2.65 bits per heavy atom. The average Bonchev–Trinajstić information content (AvgIpc) is 2.30. The van der Waals surface area contributed by atoms with Crippen LogP contribution in [0.2, 0.25) is 0 Å². The first-order chi connectivity index (χ1) is 8.13. The summed E-state index contributed by atoms with van der Waals surface area (Å²) in [4.78, 5) is 4.64. The van der Waals surface area contributed by atoms with Crippen molar-refractivity contribution in [3.8, 4) is 0 Å². The van der Waals surface area contributed by atoms with Gasteiger partial charge in [0.05, 0.1) is 12.7 Å². The maximum absolute atomic E-state index is 9.91. The van der Waals surface area contributed by atoms with E-state index in [1.807, 2.05) is 0 Å². The van der Waals surface area contributed by atoms with Crippen LogP contribution in [0, 0.1) is 5.92 Å². The fraction of sp³-hybridized carbons (Fsp3) is 1.00. The number of hydrogen-bond acceptors (Lipinski definition) is 4. The van der Waals surface area contributed by atoms with E-state index >= 15 is 0 Å². The van der Waals surface area contributed by atoms with Crippen LogP contribution in [0.15, 0.2) is 0 Å². The molecule has 1 fully saturated rings. The normalized spacial score (nSPS) is 25.8. The first-order valence-corrected chi connectivity index (χ1v) is 6.76. The molecule has 1 aliphatic heterocycles. The average molecular weight is 244 g/mol. The van der Waals surface area contributed by atoms with Crippen molar-refractivity contribution in [1.82, 2.24) is 9.80 Å². The lowest BCUT2D eigenvalue weighted by Crippen LogP contribution is -2.41. The Morgan fingerprint density at radius 1 is 1.29 bits per heavy atom. The van der Waals surface area contributed by atoms with Crippen LogP contribution in [0.4, 0.5) is 0 Å². The molecule has 2 atom stereocenters. The molecule has 0 amide bonds. The van der Waals surface area contributed by atoms with E-state index in [2.05, 4.69) is 30.8 Å². The van der Waals surface area contributed by atoms with Gasteiger partial charge in [0, 0.05) is 19.1 Å². The Balaban J connectivity index is 2.25. The lowest BCUT2D eigenvalue weighted by molar-refractivity contribution is -0.0463. The number of ether oxygens (including phenoxy) is 1. The molecule has 1 rings (SSSR count). The fourth-order valence-corrected chi connectivity index (χ4v) is 2.28. The quantitative estimate of drug-likeness (QED) is 0.713. The number of nitrogens with zero attached hydrogens (tertiary/aromatic N) is 2. The number of aliphatic hydroxyl groups excluding tert-OH is 1. The molecule has 0 aliphatic carbocycles. The van der Waals surface area contributed by atoms with Gasteiger partial charge < -0.3 is 19.6 Å². The molecule has 0 aromatic carbocycles. The molecule has 0 aromatic heterocycles. The number of rotatable bonds is 7. The van der Waals surface area contributed by atoms with Crippen LogP contribution in [0.5, 0.6) is 0 Å². The molecule has 1 N–H and O–H groups in total. The van der Waals surface area contributed by atoms with Crippen molar-refractivity contribution in [2.75, 3.05) is 53.5 Å². The summed E-state index contributed by atoms with van der Waals surface area (Å²) >= 11 is 0. The highest BCUT2D eigenvalue weighted by molar-refractivity contribution is 4.76. The van der Waals surface area contributed by atoms with Crippen molar-refractivity contribution in [2.45, 2.75) is 25.9 Å². The first kappa shape index (κ1) is 14.9. The molecule has 0 saturated carbocycles. The second-order valence-corrected chi connectivity index (χ2v) is 5.24. The summed E-state index contributed by atoms with van der Waals surface area (Å²) in [6, 6.07) is 0. The molecule has 1 heterocycles. The topological polar surface area (TPSA) is 35.9 Å². The molecule has 0 bridgehead atoms. The molecule has 2 unspecified atom stereocenters. The lowest BCUT2D eigenvalue weighted by atomic mass is 9.98. The summed E-state index contributed by atoms with van der Waals surface area (Å²) in [5, 5.41) is 9.91. The van der Waals surface area contributed by atoms with E-state index in [-0.39, 0.29) is 6.10 Å². The SMILES string of the molecule is CCN(CCCN(C)C)CC1COCCC1O. The summed E-state index contributed by atoms with van der Waals surface area (Å²) in [6.07, 6.45) is 1.80. The minimum absolute atomic E-state index is 0.174. The van der Waals surface area contributed by atoms with Crippen molar-refractivity contribution >= 4 is 0 Å². The van der Waals surface area contributed by atoms with Gasteiger partial charge in [-0.05, 0) is 46.6 Å². The summed E-state index contributed by atoms with van der Waals surface area (Å²) in [7, 11) is 4.21. The van der Waals surface area contributed by atoms with Crippen LogP contribution in [0.1, 0.15) is 19.8 Å². The van der Waals surface area contributed by atoms with Crippen molar-refractivity contribution in [1.29, 1.82) is 0 Å². The van der Waals surface area contributed by atoms with Crippen molar-refractivity contribution < 1.29 is 9.84 Å². The minimum atomic E-state index is -0.174. The molecule has 102 valence electrons. The zero-order valence-corrected chi connectivity index (χ0v) is 11.6. The number of aliphatic hydroxyl groups is 1. The monoisotopic (exact) mass is 244 g/mol. The minimum Gasteiger partial charge on any atom is -0.393 e. The van der Waals surface area contributed by atoms with Crippen LogP contribution in [0.25, 0.3) is 0 Å². The standard InChI is InChI=1S/C13H28N2O2/c1-4-15(8-5-7-14(2)3)10-12-11-17-9-6-13(12)16/h12-13,16H,4-11H2,1-3H3. The van der Waals surface area contributed by atoms with Crippen LogP contribution >= 0.6 is 0 Å². The molecule has 4 heteroatoms.